The van der Waals surface area contributed by atoms with Crippen LogP contribution in [0.5, 0.6) is 0 Å². The topological polar surface area (TPSA) is 72.9 Å². The van der Waals surface area contributed by atoms with Crippen LogP contribution in [0.4, 0.5) is 0 Å². The predicted molar refractivity (Wildman–Crippen MR) is 128 cm³/mol. The highest BCUT2D eigenvalue weighted by Gasteiger charge is 2.38. The maximum Gasteiger partial charge on any atom is 0.255 e. The zero-order valence-corrected chi connectivity index (χ0v) is 19.2. The molecule has 0 bridgehead atoms. The summed E-state index contributed by atoms with van der Waals surface area (Å²) in [6, 6.07) is 5.89. The lowest BCUT2D eigenvalue weighted by Gasteiger charge is -2.33. The third kappa shape index (κ3) is 4.55. The van der Waals surface area contributed by atoms with Gasteiger partial charge >= 0.3 is 0 Å². The number of hydrogen-bond acceptors (Lipinski definition) is 4. The van der Waals surface area contributed by atoms with Gasteiger partial charge in [0.05, 0.1) is 6.61 Å². The second kappa shape index (κ2) is 9.27. The Labute approximate surface area is 195 Å². The van der Waals surface area contributed by atoms with Crippen molar-refractivity contribution in [1.82, 2.24) is 15.1 Å². The number of aliphatic hydroxyl groups is 1. The number of aliphatic hydroxyl groups excluding tert-OH is 1. The lowest BCUT2D eigenvalue weighted by atomic mass is 9.87. The minimum atomic E-state index is -0.403. The van der Waals surface area contributed by atoms with Crippen LogP contribution in [0.25, 0.3) is 0 Å². The summed E-state index contributed by atoms with van der Waals surface area (Å²) in [7, 11) is 0. The number of benzene rings is 1. The van der Waals surface area contributed by atoms with E-state index in [1.807, 2.05) is 6.07 Å². The van der Waals surface area contributed by atoms with Gasteiger partial charge in [0.2, 0.25) is 5.91 Å². The first-order chi connectivity index (χ1) is 16.0. The van der Waals surface area contributed by atoms with E-state index in [1.54, 1.807) is 4.90 Å². The SMILES string of the molecule is C=C1CCC(N2Cc3cc(C4CCN(CC5=CC=C(CO)CC5)CC4)ccc3C2=O)C(=O)N1. The Morgan fingerprint density at radius 1 is 1.03 bits per heavy atom. The number of likely N-dealkylation sites (tertiary alicyclic amines) is 1. The summed E-state index contributed by atoms with van der Waals surface area (Å²) >= 11 is 0. The number of nitrogens with zero attached hydrogens (tertiary/aromatic N) is 2. The van der Waals surface area contributed by atoms with Crippen LogP contribution in [0.1, 0.15) is 65.9 Å². The van der Waals surface area contributed by atoms with Gasteiger partial charge in [0.1, 0.15) is 6.04 Å². The van der Waals surface area contributed by atoms with Crippen molar-refractivity contribution >= 4 is 11.8 Å². The van der Waals surface area contributed by atoms with Gasteiger partial charge in [-0.2, -0.15) is 0 Å². The van der Waals surface area contributed by atoms with E-state index in [4.69, 9.17) is 0 Å². The van der Waals surface area contributed by atoms with Crippen molar-refractivity contribution in [2.24, 2.45) is 0 Å². The van der Waals surface area contributed by atoms with E-state index in [9.17, 15) is 14.7 Å². The highest BCUT2D eigenvalue weighted by molar-refractivity contribution is 6.01. The molecule has 6 nitrogen and oxygen atoms in total. The van der Waals surface area contributed by atoms with Crippen LogP contribution in [0.2, 0.25) is 0 Å². The van der Waals surface area contributed by atoms with Crippen molar-refractivity contribution < 1.29 is 14.7 Å². The van der Waals surface area contributed by atoms with Crippen molar-refractivity contribution in [1.29, 1.82) is 0 Å². The molecule has 1 unspecified atom stereocenters. The molecule has 1 aromatic rings. The Bertz CT molecular complexity index is 1030. The molecular formula is C27H33N3O3. The summed E-state index contributed by atoms with van der Waals surface area (Å²) < 4.78 is 0. The smallest absolute Gasteiger partial charge is 0.255 e. The van der Waals surface area contributed by atoms with E-state index in [-0.39, 0.29) is 18.4 Å². The Hall–Kier alpha value is -2.70. The van der Waals surface area contributed by atoms with Crippen molar-refractivity contribution in [2.75, 3.05) is 26.2 Å². The lowest BCUT2D eigenvalue weighted by Crippen LogP contribution is -2.49. The van der Waals surface area contributed by atoms with Crippen LogP contribution >= 0.6 is 0 Å². The molecule has 2 N–H and O–H groups in total. The van der Waals surface area contributed by atoms with Gasteiger partial charge in [-0.05, 0) is 80.3 Å². The molecule has 3 heterocycles. The van der Waals surface area contributed by atoms with Gasteiger partial charge in [0.25, 0.3) is 5.91 Å². The maximum atomic E-state index is 13.0. The van der Waals surface area contributed by atoms with Crippen LogP contribution < -0.4 is 5.32 Å². The number of hydrogen-bond donors (Lipinski definition) is 2. The third-order valence-corrected chi connectivity index (χ3v) is 7.67. The summed E-state index contributed by atoms with van der Waals surface area (Å²) in [5.41, 5.74) is 6.43. The van der Waals surface area contributed by atoms with Crippen LogP contribution in [0.3, 0.4) is 0 Å². The summed E-state index contributed by atoms with van der Waals surface area (Å²) in [4.78, 5) is 29.7. The molecule has 1 aromatic carbocycles. The zero-order valence-electron chi connectivity index (χ0n) is 19.2. The fourth-order valence-corrected chi connectivity index (χ4v) is 5.63. The van der Waals surface area contributed by atoms with E-state index in [0.717, 1.165) is 74.1 Å². The third-order valence-electron chi connectivity index (χ3n) is 7.67. The molecule has 2 fully saturated rings. The van der Waals surface area contributed by atoms with Crippen molar-refractivity contribution in [2.45, 2.75) is 57.0 Å². The van der Waals surface area contributed by atoms with Crippen LogP contribution in [0.15, 0.2) is 53.8 Å². The van der Waals surface area contributed by atoms with Gasteiger partial charge in [0.15, 0.2) is 0 Å². The zero-order chi connectivity index (χ0) is 22.9. The summed E-state index contributed by atoms with van der Waals surface area (Å²) in [5.74, 6) is 0.368. The molecular weight excluding hydrogens is 414 g/mol. The summed E-state index contributed by atoms with van der Waals surface area (Å²) in [6.45, 7) is 7.70. The second-order valence-corrected chi connectivity index (χ2v) is 9.86. The van der Waals surface area contributed by atoms with Gasteiger partial charge in [0, 0.05) is 24.4 Å². The van der Waals surface area contributed by atoms with Crippen LogP contribution in [-0.4, -0.2) is 59.0 Å². The highest BCUT2D eigenvalue weighted by atomic mass is 16.3. The number of piperidine rings is 2. The molecule has 2 amide bonds. The molecule has 4 aliphatic rings. The van der Waals surface area contributed by atoms with Gasteiger partial charge in [-0.25, -0.2) is 0 Å². The Morgan fingerprint density at radius 2 is 1.79 bits per heavy atom. The quantitative estimate of drug-likeness (QED) is 0.727. The Morgan fingerprint density at radius 3 is 2.48 bits per heavy atom. The van der Waals surface area contributed by atoms with Crippen molar-refractivity contribution in [3.05, 3.63) is 70.5 Å². The van der Waals surface area contributed by atoms with Gasteiger partial charge < -0.3 is 15.3 Å². The number of allylic oxidation sites excluding steroid dienone is 3. The maximum absolute atomic E-state index is 13.0. The fourth-order valence-electron chi connectivity index (χ4n) is 5.63. The van der Waals surface area contributed by atoms with Gasteiger partial charge in [-0.1, -0.05) is 36.4 Å². The number of fused-ring (bicyclic) bond motifs is 1. The standard InChI is InChI=1S/C27H33N3O3/c1-18-2-9-25(26(32)28-18)30-16-23-14-22(7-8-24(23)27(30)33)21-10-12-29(13-11-21)15-19-3-5-20(17-31)6-4-19/h3,5,7-8,14,21,25,31H,1-2,4,6,9-13,15-17H2,(H,28,32). The van der Waals surface area contributed by atoms with Gasteiger partial charge in [-0.3, -0.25) is 14.5 Å². The average Bonchev–Trinajstić information content (AvgIpc) is 3.15. The monoisotopic (exact) mass is 447 g/mol. The summed E-state index contributed by atoms with van der Waals surface area (Å²) in [6.07, 6.45) is 9.89. The minimum Gasteiger partial charge on any atom is -0.392 e. The van der Waals surface area contributed by atoms with E-state index in [1.165, 1.54) is 11.1 Å². The minimum absolute atomic E-state index is 0.0295. The van der Waals surface area contributed by atoms with E-state index >= 15 is 0 Å². The predicted octanol–water partition coefficient (Wildman–Crippen LogP) is 3.25. The first kappa shape index (κ1) is 22.1. The lowest BCUT2D eigenvalue weighted by molar-refractivity contribution is -0.126. The average molecular weight is 448 g/mol. The van der Waals surface area contributed by atoms with Crippen LogP contribution in [0, 0.1) is 0 Å². The molecule has 2 saturated heterocycles. The molecule has 1 aliphatic carbocycles. The number of carbonyl (C=O) groups excluding carboxylic acids is 2. The highest BCUT2D eigenvalue weighted by Crippen LogP contribution is 2.34. The second-order valence-electron chi connectivity index (χ2n) is 9.86. The molecule has 174 valence electrons. The van der Waals surface area contributed by atoms with Crippen LogP contribution in [-0.2, 0) is 11.3 Å². The molecule has 0 aromatic heterocycles. The van der Waals surface area contributed by atoms with Crippen molar-refractivity contribution in [3.63, 3.8) is 0 Å². The normalized spacial score (nSPS) is 24.5. The Kier molecular flexibility index (Phi) is 6.21. The molecule has 33 heavy (non-hydrogen) atoms. The Balaban J connectivity index is 1.20. The number of rotatable bonds is 5. The number of carbonyl (C=O) groups is 2. The van der Waals surface area contributed by atoms with E-state index < -0.39 is 6.04 Å². The first-order valence-electron chi connectivity index (χ1n) is 12.1. The molecule has 5 rings (SSSR count). The van der Waals surface area contributed by atoms with E-state index in [0.29, 0.717) is 18.9 Å². The molecule has 6 heteroatoms. The molecule has 3 aliphatic heterocycles. The molecule has 0 saturated carbocycles. The fraction of sp³-hybridized carbons (Fsp3) is 0.481. The van der Waals surface area contributed by atoms with Crippen molar-refractivity contribution in [3.8, 4) is 0 Å². The summed E-state index contributed by atoms with van der Waals surface area (Å²) in [5, 5.41) is 12.1. The first-order valence-corrected chi connectivity index (χ1v) is 12.1. The molecule has 0 radical (unpaired) electrons. The van der Waals surface area contributed by atoms with E-state index in [2.05, 4.69) is 41.1 Å². The van der Waals surface area contributed by atoms with Gasteiger partial charge in [-0.15, -0.1) is 0 Å². The largest absolute Gasteiger partial charge is 0.392 e. The number of nitrogens with one attached hydrogen (secondary N) is 1. The number of amides is 2. The molecule has 0 spiro atoms. The molecule has 1 atom stereocenters.